The number of carbonyl (C=O) groups excluding carboxylic acids is 6. The van der Waals surface area contributed by atoms with Gasteiger partial charge in [-0.05, 0) is 71.9 Å². The summed E-state index contributed by atoms with van der Waals surface area (Å²) >= 11 is 0. The normalized spacial score (nSPS) is 16.3. The van der Waals surface area contributed by atoms with E-state index in [0.717, 1.165) is 12.0 Å². The first kappa shape index (κ1) is 35.4. The van der Waals surface area contributed by atoms with Crippen molar-refractivity contribution in [3.8, 4) is 0 Å². The lowest BCUT2D eigenvalue weighted by Crippen LogP contribution is -2.56. The van der Waals surface area contributed by atoms with Gasteiger partial charge >= 0.3 is 6.09 Å². The maximum atomic E-state index is 13.7. The van der Waals surface area contributed by atoms with Gasteiger partial charge in [-0.2, -0.15) is 0 Å². The van der Waals surface area contributed by atoms with E-state index >= 15 is 0 Å². The summed E-state index contributed by atoms with van der Waals surface area (Å²) in [4.78, 5) is 79.3. The summed E-state index contributed by atoms with van der Waals surface area (Å²) in [5.41, 5.74) is 0.580. The van der Waals surface area contributed by atoms with Crippen molar-refractivity contribution in [3.63, 3.8) is 0 Å². The second-order valence-corrected chi connectivity index (χ2v) is 12.3. The number of carbonyl (C=O) groups is 6. The Bertz CT molecular complexity index is 1180. The lowest BCUT2D eigenvalue weighted by molar-refractivity contribution is -0.142. The minimum Gasteiger partial charge on any atom is -0.444 e. The molecule has 1 aromatic rings. The minimum absolute atomic E-state index is 0.165. The van der Waals surface area contributed by atoms with Gasteiger partial charge < -0.3 is 20.3 Å². The fourth-order valence-corrected chi connectivity index (χ4v) is 5.07. The van der Waals surface area contributed by atoms with Crippen LogP contribution in [0, 0.1) is 0 Å². The summed E-state index contributed by atoms with van der Waals surface area (Å²) in [5.74, 6) is -2.48. The van der Waals surface area contributed by atoms with Gasteiger partial charge in [0.05, 0.1) is 0 Å². The molecule has 0 bridgehead atoms. The number of ether oxygens (including phenoxy) is 1. The number of rotatable bonds is 13. The van der Waals surface area contributed by atoms with E-state index in [9.17, 15) is 28.8 Å². The van der Waals surface area contributed by atoms with E-state index in [2.05, 4.69) is 10.6 Å². The predicted octanol–water partition coefficient (Wildman–Crippen LogP) is 3.49. The summed E-state index contributed by atoms with van der Waals surface area (Å²) in [5, 5.41) is 5.70. The monoisotopic (exact) mass is 600 g/mol. The molecule has 238 valence electrons. The number of hydrogen-bond donors (Lipinski definition) is 2. The maximum absolute atomic E-state index is 13.7. The number of ketones is 2. The van der Waals surface area contributed by atoms with Gasteiger partial charge in [-0.25, -0.2) is 4.79 Å². The van der Waals surface area contributed by atoms with Crippen LogP contribution in [0.1, 0.15) is 97.6 Å². The zero-order valence-corrected chi connectivity index (χ0v) is 26.8. The largest absolute Gasteiger partial charge is 0.444 e. The fraction of sp³-hybridized carbons (Fsp3) is 0.625. The molecule has 1 heterocycles. The van der Waals surface area contributed by atoms with Crippen LogP contribution in [0.15, 0.2) is 24.3 Å². The van der Waals surface area contributed by atoms with Gasteiger partial charge in [-0.15, -0.1) is 0 Å². The zero-order chi connectivity index (χ0) is 32.5. The average Bonchev–Trinajstić information content (AvgIpc) is 3.41. The molecule has 2 rings (SSSR count). The molecule has 11 heteroatoms. The Morgan fingerprint density at radius 1 is 1.09 bits per heavy atom. The zero-order valence-electron chi connectivity index (χ0n) is 26.8. The molecule has 0 aliphatic carbocycles. The number of hydrogen-bond acceptors (Lipinski definition) is 7. The molecule has 1 aliphatic rings. The van der Waals surface area contributed by atoms with Crippen molar-refractivity contribution < 1.29 is 33.5 Å². The van der Waals surface area contributed by atoms with Crippen LogP contribution in [0.4, 0.5) is 4.79 Å². The molecule has 1 aliphatic heterocycles. The van der Waals surface area contributed by atoms with Gasteiger partial charge in [0, 0.05) is 20.1 Å². The Labute approximate surface area is 255 Å². The summed E-state index contributed by atoms with van der Waals surface area (Å²) in [6.07, 6.45) is 2.38. The van der Waals surface area contributed by atoms with E-state index in [1.54, 1.807) is 52.0 Å². The molecule has 1 saturated heterocycles. The topological polar surface area (TPSA) is 142 Å². The molecule has 0 radical (unpaired) electrons. The first-order valence-corrected chi connectivity index (χ1v) is 15.0. The second kappa shape index (κ2) is 15.6. The number of Topliss-reactive ketones (excluding diaryl/α,β-unsaturated/α-hetero) is 2. The third-order valence-electron chi connectivity index (χ3n) is 7.51. The third kappa shape index (κ3) is 10.2. The second-order valence-electron chi connectivity index (χ2n) is 12.3. The van der Waals surface area contributed by atoms with Crippen LogP contribution >= 0.6 is 0 Å². The average molecular weight is 601 g/mol. The molecule has 2 N–H and O–H groups in total. The van der Waals surface area contributed by atoms with Crippen LogP contribution in [0.25, 0.3) is 0 Å². The lowest BCUT2D eigenvalue weighted by atomic mass is 9.91. The molecule has 0 aromatic heterocycles. The summed E-state index contributed by atoms with van der Waals surface area (Å²) in [6, 6.07) is 4.56. The number of amides is 4. The Morgan fingerprint density at radius 3 is 2.33 bits per heavy atom. The maximum Gasteiger partial charge on any atom is 0.410 e. The lowest BCUT2D eigenvalue weighted by Gasteiger charge is -2.31. The van der Waals surface area contributed by atoms with Crippen molar-refractivity contribution in [3.05, 3.63) is 35.4 Å². The highest BCUT2D eigenvalue weighted by atomic mass is 16.6. The van der Waals surface area contributed by atoms with Crippen molar-refractivity contribution >= 4 is 35.4 Å². The predicted molar refractivity (Wildman–Crippen MR) is 162 cm³/mol. The van der Waals surface area contributed by atoms with Gasteiger partial charge in [0.1, 0.15) is 41.2 Å². The highest BCUT2D eigenvalue weighted by Crippen LogP contribution is 2.22. The highest BCUT2D eigenvalue weighted by Gasteiger charge is 2.38. The smallest absolute Gasteiger partial charge is 0.410 e. The standard InChI is InChI=1S/C32H48N4O7/c1-9-10-15-25(34-28(39)20(2)35(8)31(42)43-32(5,6)7)30(41)36-17-12-16-26(36)29(40)33-19-23-13-11-14-24(18-23)27(21(3)37)22(4)38/h11,13-14,18,20,25-27H,9-10,12,15-17,19H2,1-8H3,(H,33,40)(H,34,39)/t20-,25-,26-/m0/s1. The number of nitrogens with zero attached hydrogens (tertiary/aromatic N) is 2. The van der Waals surface area contributed by atoms with E-state index in [1.807, 2.05) is 6.92 Å². The van der Waals surface area contributed by atoms with E-state index in [-0.39, 0.29) is 29.9 Å². The summed E-state index contributed by atoms with van der Waals surface area (Å²) in [6.45, 7) is 12.1. The van der Waals surface area contributed by atoms with Crippen LogP contribution < -0.4 is 10.6 Å². The Hall–Kier alpha value is -3.76. The Kier molecular flexibility index (Phi) is 12.9. The Morgan fingerprint density at radius 2 is 1.74 bits per heavy atom. The highest BCUT2D eigenvalue weighted by molar-refractivity contribution is 6.05. The number of likely N-dealkylation sites (N-methyl/N-ethyl adjacent to an activating group) is 1. The van der Waals surface area contributed by atoms with Crippen LogP contribution in [0.5, 0.6) is 0 Å². The molecule has 3 atom stereocenters. The molecule has 1 fully saturated rings. The van der Waals surface area contributed by atoms with Crippen LogP contribution in [-0.2, 0) is 35.3 Å². The molecule has 4 amide bonds. The van der Waals surface area contributed by atoms with Gasteiger partial charge in [0.2, 0.25) is 17.7 Å². The van der Waals surface area contributed by atoms with Crippen LogP contribution in [-0.4, -0.2) is 82.5 Å². The fourth-order valence-electron chi connectivity index (χ4n) is 5.07. The van der Waals surface area contributed by atoms with Gasteiger partial charge in [-0.3, -0.25) is 28.9 Å². The molecule has 0 spiro atoms. The SMILES string of the molecule is CCCC[C@H](NC(=O)[C@H](C)N(C)C(=O)OC(C)(C)C)C(=O)N1CCC[C@H]1C(=O)NCc1cccc(C(C(C)=O)C(C)=O)c1. The number of benzene rings is 1. The van der Waals surface area contributed by atoms with E-state index in [1.165, 1.54) is 30.7 Å². The van der Waals surface area contributed by atoms with E-state index < -0.39 is 41.6 Å². The molecule has 43 heavy (non-hydrogen) atoms. The third-order valence-corrected chi connectivity index (χ3v) is 7.51. The molecule has 11 nitrogen and oxygen atoms in total. The van der Waals surface area contributed by atoms with E-state index in [0.29, 0.717) is 37.8 Å². The Balaban J connectivity index is 2.11. The van der Waals surface area contributed by atoms with Crippen molar-refractivity contribution in [2.75, 3.05) is 13.6 Å². The number of nitrogens with one attached hydrogen (secondary N) is 2. The number of unbranched alkanes of at least 4 members (excludes halogenated alkanes) is 1. The van der Waals surface area contributed by atoms with Crippen molar-refractivity contribution in [1.29, 1.82) is 0 Å². The minimum atomic E-state index is -0.884. The molecular formula is C32H48N4O7. The van der Waals surface area contributed by atoms with Gasteiger partial charge in [-0.1, -0.05) is 44.0 Å². The molecule has 0 unspecified atom stereocenters. The van der Waals surface area contributed by atoms with Crippen LogP contribution in [0.2, 0.25) is 0 Å². The van der Waals surface area contributed by atoms with Crippen molar-refractivity contribution in [1.82, 2.24) is 20.4 Å². The first-order chi connectivity index (χ1) is 20.1. The first-order valence-electron chi connectivity index (χ1n) is 15.0. The van der Waals surface area contributed by atoms with Crippen molar-refractivity contribution in [2.45, 2.75) is 117 Å². The van der Waals surface area contributed by atoms with Gasteiger partial charge in [0.15, 0.2) is 0 Å². The van der Waals surface area contributed by atoms with Crippen molar-refractivity contribution in [2.24, 2.45) is 0 Å². The molecular weight excluding hydrogens is 552 g/mol. The molecule has 1 aromatic carbocycles. The van der Waals surface area contributed by atoms with E-state index in [4.69, 9.17) is 4.74 Å². The van der Waals surface area contributed by atoms with Crippen LogP contribution in [0.3, 0.4) is 0 Å². The summed E-state index contributed by atoms with van der Waals surface area (Å²) in [7, 11) is 1.47. The number of likely N-dealkylation sites (tertiary alicyclic amines) is 1. The van der Waals surface area contributed by atoms with Gasteiger partial charge in [0.25, 0.3) is 0 Å². The molecule has 0 saturated carbocycles. The summed E-state index contributed by atoms with van der Waals surface area (Å²) < 4.78 is 5.36. The quantitative estimate of drug-likeness (QED) is 0.330.